The summed E-state index contributed by atoms with van der Waals surface area (Å²) in [5.41, 5.74) is 0.592. The Morgan fingerprint density at radius 2 is 2.23 bits per heavy atom. The van der Waals surface area contributed by atoms with Gasteiger partial charge >= 0.3 is 0 Å². The molecule has 1 aliphatic rings. The monoisotopic (exact) mass is 196 g/mol. The summed E-state index contributed by atoms with van der Waals surface area (Å²) < 4.78 is 25.4. The van der Waals surface area contributed by atoms with Crippen molar-refractivity contribution in [3.05, 3.63) is 30.3 Å². The van der Waals surface area contributed by atoms with Crippen LogP contribution in [0.25, 0.3) is 0 Å². The van der Waals surface area contributed by atoms with E-state index in [1.165, 1.54) is 0 Å². The summed E-state index contributed by atoms with van der Waals surface area (Å²) in [5, 5.41) is -0.173. The number of benzene rings is 1. The summed E-state index contributed by atoms with van der Waals surface area (Å²) in [4.78, 5) is 0. The summed E-state index contributed by atoms with van der Waals surface area (Å²) in [6, 6.07) is 9.65. The van der Waals surface area contributed by atoms with Crippen molar-refractivity contribution in [2.24, 2.45) is 0 Å². The minimum Gasteiger partial charge on any atom is -0.283 e. The van der Waals surface area contributed by atoms with Gasteiger partial charge in [0, 0.05) is 5.69 Å². The van der Waals surface area contributed by atoms with Gasteiger partial charge in [0.25, 0.3) is 0 Å². The van der Waals surface area contributed by atoms with E-state index in [2.05, 4.69) is 10.8 Å². The van der Waals surface area contributed by atoms with Crippen LogP contribution in [0.4, 0.5) is 5.69 Å². The maximum absolute atomic E-state index is 11.4. The summed E-state index contributed by atoms with van der Waals surface area (Å²) in [5.74, 6) is 0. The van der Waals surface area contributed by atoms with Gasteiger partial charge in [-0.3, -0.25) is 4.72 Å². The van der Waals surface area contributed by atoms with Gasteiger partial charge in [0.15, 0.2) is 0 Å². The van der Waals surface area contributed by atoms with Crippen LogP contribution < -0.4 is 4.72 Å². The van der Waals surface area contributed by atoms with Crippen LogP contribution in [0, 0.1) is 6.07 Å². The molecule has 0 amide bonds. The number of sulfonamides is 1. The molecular formula is C9H10NO2S. The van der Waals surface area contributed by atoms with Crippen LogP contribution in [0.5, 0.6) is 0 Å². The Kier molecular flexibility index (Phi) is 2.00. The number of hydrogen-bond acceptors (Lipinski definition) is 2. The molecular weight excluding hydrogens is 186 g/mol. The van der Waals surface area contributed by atoms with E-state index in [1.807, 2.05) is 0 Å². The molecule has 0 unspecified atom stereocenters. The number of rotatable bonds is 3. The van der Waals surface area contributed by atoms with Crippen molar-refractivity contribution in [2.75, 3.05) is 4.72 Å². The summed E-state index contributed by atoms with van der Waals surface area (Å²) in [6.45, 7) is 0. The first-order valence-electron chi connectivity index (χ1n) is 4.16. The van der Waals surface area contributed by atoms with Crippen LogP contribution >= 0.6 is 0 Å². The summed E-state index contributed by atoms with van der Waals surface area (Å²) >= 11 is 0. The van der Waals surface area contributed by atoms with Crippen molar-refractivity contribution in [2.45, 2.75) is 18.1 Å². The Morgan fingerprint density at radius 3 is 2.77 bits per heavy atom. The van der Waals surface area contributed by atoms with Crippen LogP contribution in [0.15, 0.2) is 24.3 Å². The average molecular weight is 196 g/mol. The van der Waals surface area contributed by atoms with E-state index in [4.69, 9.17) is 0 Å². The van der Waals surface area contributed by atoms with Gasteiger partial charge in [-0.1, -0.05) is 12.1 Å². The maximum Gasteiger partial charge on any atom is 0.235 e. The molecule has 0 heterocycles. The van der Waals surface area contributed by atoms with E-state index in [0.717, 1.165) is 12.8 Å². The Balaban J connectivity index is 2.14. The molecule has 2 rings (SSSR count). The molecule has 3 nitrogen and oxygen atoms in total. The second-order valence-electron chi connectivity index (χ2n) is 3.14. The lowest BCUT2D eigenvalue weighted by atomic mass is 10.3. The summed E-state index contributed by atoms with van der Waals surface area (Å²) in [6.07, 6.45) is 1.57. The third-order valence-corrected chi connectivity index (χ3v) is 3.80. The number of nitrogens with one attached hydrogen (secondary N) is 1. The van der Waals surface area contributed by atoms with Gasteiger partial charge in [-0.25, -0.2) is 8.42 Å². The van der Waals surface area contributed by atoms with Gasteiger partial charge < -0.3 is 0 Å². The number of anilines is 1. The van der Waals surface area contributed by atoms with Gasteiger partial charge in [0.05, 0.1) is 5.25 Å². The molecule has 0 atom stereocenters. The molecule has 13 heavy (non-hydrogen) atoms. The first-order chi connectivity index (χ1) is 6.18. The molecule has 69 valence electrons. The molecule has 4 heteroatoms. The van der Waals surface area contributed by atoms with Crippen LogP contribution in [-0.4, -0.2) is 13.7 Å². The predicted molar refractivity (Wildman–Crippen MR) is 50.8 cm³/mol. The number of hydrogen-bond donors (Lipinski definition) is 1. The third-order valence-electron chi connectivity index (χ3n) is 1.93. The fourth-order valence-electron chi connectivity index (χ4n) is 1.08. The van der Waals surface area contributed by atoms with E-state index in [0.29, 0.717) is 5.69 Å². The highest BCUT2D eigenvalue weighted by Gasteiger charge is 2.35. The second-order valence-corrected chi connectivity index (χ2v) is 5.10. The molecule has 1 aromatic rings. The Labute approximate surface area is 77.8 Å². The first-order valence-corrected chi connectivity index (χ1v) is 5.71. The van der Waals surface area contributed by atoms with Crippen molar-refractivity contribution >= 4 is 15.7 Å². The minimum absolute atomic E-state index is 0.173. The maximum atomic E-state index is 11.4. The standard InChI is InChI=1S/C9H10NO2S/c11-13(12,9-6-7-9)10-8-4-2-1-3-5-8/h1-2,4-5,9-10H,6-7H2. The second kappa shape index (κ2) is 3.03. The fraction of sp³-hybridized carbons (Fsp3) is 0.333. The first kappa shape index (κ1) is 8.56. The molecule has 1 aliphatic carbocycles. The highest BCUT2D eigenvalue weighted by atomic mass is 32.2. The van der Waals surface area contributed by atoms with Crippen molar-refractivity contribution < 1.29 is 8.42 Å². The van der Waals surface area contributed by atoms with E-state index in [9.17, 15) is 8.42 Å². The third kappa shape index (κ3) is 2.01. The van der Waals surface area contributed by atoms with Crippen LogP contribution in [-0.2, 0) is 10.0 Å². The largest absolute Gasteiger partial charge is 0.283 e. The molecule has 0 aromatic heterocycles. The predicted octanol–water partition coefficient (Wildman–Crippen LogP) is 1.39. The molecule has 1 saturated carbocycles. The Hall–Kier alpha value is -1.03. The van der Waals surface area contributed by atoms with Gasteiger partial charge in [-0.15, -0.1) is 0 Å². The molecule has 0 bridgehead atoms. The topological polar surface area (TPSA) is 46.2 Å². The van der Waals surface area contributed by atoms with E-state index < -0.39 is 10.0 Å². The molecule has 0 spiro atoms. The van der Waals surface area contributed by atoms with Gasteiger partial charge in [-0.2, -0.15) is 0 Å². The average Bonchev–Trinajstić information content (AvgIpc) is 2.87. The zero-order valence-corrected chi connectivity index (χ0v) is 7.84. The van der Waals surface area contributed by atoms with E-state index in [-0.39, 0.29) is 5.25 Å². The fourth-order valence-corrected chi connectivity index (χ4v) is 2.46. The van der Waals surface area contributed by atoms with Crippen LogP contribution in [0.1, 0.15) is 12.8 Å². The molecule has 0 saturated heterocycles. The lowest BCUT2D eigenvalue weighted by molar-refractivity contribution is 0.600. The van der Waals surface area contributed by atoms with Gasteiger partial charge in [-0.05, 0) is 31.0 Å². The molecule has 0 aliphatic heterocycles. The van der Waals surface area contributed by atoms with E-state index >= 15 is 0 Å². The smallest absolute Gasteiger partial charge is 0.235 e. The van der Waals surface area contributed by atoms with Gasteiger partial charge in [0.2, 0.25) is 10.0 Å². The zero-order valence-electron chi connectivity index (χ0n) is 7.03. The molecule has 1 fully saturated rings. The lowest BCUT2D eigenvalue weighted by Crippen LogP contribution is -2.17. The zero-order chi connectivity index (χ0) is 9.31. The van der Waals surface area contributed by atoms with Crippen molar-refractivity contribution in [1.29, 1.82) is 0 Å². The molecule has 1 N–H and O–H groups in total. The van der Waals surface area contributed by atoms with Gasteiger partial charge in [0.1, 0.15) is 0 Å². The molecule has 1 aromatic carbocycles. The highest BCUT2D eigenvalue weighted by Crippen LogP contribution is 2.29. The van der Waals surface area contributed by atoms with E-state index in [1.54, 1.807) is 24.3 Å². The minimum atomic E-state index is -3.11. The quantitative estimate of drug-likeness (QED) is 0.794. The van der Waals surface area contributed by atoms with Crippen molar-refractivity contribution in [3.63, 3.8) is 0 Å². The van der Waals surface area contributed by atoms with Crippen LogP contribution in [0.3, 0.4) is 0 Å². The van der Waals surface area contributed by atoms with Crippen LogP contribution in [0.2, 0.25) is 0 Å². The molecule has 1 radical (unpaired) electrons. The van der Waals surface area contributed by atoms with Crippen molar-refractivity contribution in [3.8, 4) is 0 Å². The Morgan fingerprint density at radius 1 is 1.46 bits per heavy atom. The lowest BCUT2D eigenvalue weighted by Gasteiger charge is -2.05. The highest BCUT2D eigenvalue weighted by molar-refractivity contribution is 7.93. The summed E-state index contributed by atoms with van der Waals surface area (Å²) in [7, 11) is -3.11. The Bertz CT molecular complexity index is 381. The van der Waals surface area contributed by atoms with Crippen molar-refractivity contribution in [1.82, 2.24) is 0 Å². The normalized spacial score (nSPS) is 16.9. The SMILES string of the molecule is O=S(=O)(Nc1c[c]ccc1)C1CC1.